The molecule has 92 valence electrons. The summed E-state index contributed by atoms with van der Waals surface area (Å²) in [5.41, 5.74) is 0. The summed E-state index contributed by atoms with van der Waals surface area (Å²) in [6, 6.07) is 0. The Morgan fingerprint density at radius 2 is 1.73 bits per heavy atom. The molecular formula is C10H21F2NO2. The van der Waals surface area contributed by atoms with Crippen LogP contribution < -0.4 is 5.32 Å². The Labute approximate surface area is 90.1 Å². The maximum Gasteiger partial charge on any atom is 0.261 e. The normalized spacial score (nSPS) is 11.2. The van der Waals surface area contributed by atoms with Gasteiger partial charge in [0.05, 0.1) is 13.2 Å². The summed E-state index contributed by atoms with van der Waals surface area (Å²) in [7, 11) is 0. The van der Waals surface area contributed by atoms with Crippen LogP contribution in [0.4, 0.5) is 8.78 Å². The van der Waals surface area contributed by atoms with E-state index in [9.17, 15) is 8.78 Å². The first-order chi connectivity index (χ1) is 7.27. The molecule has 0 aromatic heterocycles. The fraction of sp³-hybridized carbons (Fsp3) is 1.00. The lowest BCUT2D eigenvalue weighted by atomic mass is 10.4. The van der Waals surface area contributed by atoms with Crippen molar-refractivity contribution in [3.8, 4) is 0 Å². The average Bonchev–Trinajstić information content (AvgIpc) is 2.20. The molecule has 0 aliphatic heterocycles. The number of ether oxygens (including phenoxy) is 2. The van der Waals surface area contributed by atoms with Crippen molar-refractivity contribution in [2.75, 3.05) is 39.5 Å². The van der Waals surface area contributed by atoms with Crippen molar-refractivity contribution in [3.05, 3.63) is 0 Å². The van der Waals surface area contributed by atoms with Gasteiger partial charge in [0.25, 0.3) is 6.43 Å². The van der Waals surface area contributed by atoms with Crippen LogP contribution in [0, 0.1) is 0 Å². The van der Waals surface area contributed by atoms with Gasteiger partial charge >= 0.3 is 0 Å². The largest absolute Gasteiger partial charge is 0.380 e. The molecule has 0 rings (SSSR count). The second-order valence-corrected chi connectivity index (χ2v) is 3.18. The molecule has 3 nitrogen and oxygen atoms in total. The molecule has 0 aliphatic rings. The maximum absolute atomic E-state index is 11.6. The highest BCUT2D eigenvalue weighted by molar-refractivity contribution is 4.45. The fourth-order valence-corrected chi connectivity index (χ4v) is 0.935. The summed E-state index contributed by atoms with van der Waals surface area (Å²) in [5, 5.41) is 3.04. The predicted molar refractivity (Wildman–Crippen MR) is 55.4 cm³/mol. The number of nitrogens with one attached hydrogen (secondary N) is 1. The zero-order valence-corrected chi connectivity index (χ0v) is 9.31. The van der Waals surface area contributed by atoms with E-state index < -0.39 is 13.0 Å². The van der Waals surface area contributed by atoms with Crippen LogP contribution in [0.5, 0.6) is 0 Å². The Bertz CT molecular complexity index is 126. The molecule has 0 aromatic rings. The summed E-state index contributed by atoms with van der Waals surface area (Å²) in [6.07, 6.45) is -0.158. The molecule has 0 saturated heterocycles. The van der Waals surface area contributed by atoms with Crippen molar-refractivity contribution in [2.45, 2.75) is 26.2 Å². The molecular weight excluding hydrogens is 204 g/mol. The number of halogens is 2. The Kier molecular flexibility index (Phi) is 11.6. The van der Waals surface area contributed by atoms with Crippen molar-refractivity contribution in [1.82, 2.24) is 5.32 Å². The number of hydrogen-bond acceptors (Lipinski definition) is 3. The van der Waals surface area contributed by atoms with Crippen LogP contribution in [0.2, 0.25) is 0 Å². The molecule has 0 bridgehead atoms. The molecule has 0 aliphatic carbocycles. The topological polar surface area (TPSA) is 30.5 Å². The van der Waals surface area contributed by atoms with Crippen molar-refractivity contribution < 1.29 is 18.3 Å². The molecule has 0 fully saturated rings. The third-order valence-electron chi connectivity index (χ3n) is 1.73. The van der Waals surface area contributed by atoms with Crippen LogP contribution in [0.3, 0.4) is 0 Å². The lowest BCUT2D eigenvalue weighted by Gasteiger charge is -2.06. The molecule has 0 heterocycles. The first-order valence-electron chi connectivity index (χ1n) is 5.41. The first kappa shape index (κ1) is 14.7. The summed E-state index contributed by atoms with van der Waals surface area (Å²) < 4.78 is 33.2. The van der Waals surface area contributed by atoms with Gasteiger partial charge in [-0.15, -0.1) is 0 Å². The third-order valence-corrected chi connectivity index (χ3v) is 1.73. The van der Waals surface area contributed by atoms with E-state index in [1.807, 2.05) is 0 Å². The minimum absolute atomic E-state index is 0.319. The third kappa shape index (κ3) is 13.7. The summed E-state index contributed by atoms with van der Waals surface area (Å²) >= 11 is 0. The van der Waals surface area contributed by atoms with Crippen molar-refractivity contribution in [3.63, 3.8) is 0 Å². The van der Waals surface area contributed by atoms with Gasteiger partial charge in [0, 0.05) is 19.7 Å². The molecule has 0 spiro atoms. The van der Waals surface area contributed by atoms with Gasteiger partial charge in [-0.3, -0.25) is 0 Å². The zero-order valence-electron chi connectivity index (χ0n) is 9.31. The van der Waals surface area contributed by atoms with Gasteiger partial charge < -0.3 is 14.8 Å². The second-order valence-electron chi connectivity index (χ2n) is 3.18. The van der Waals surface area contributed by atoms with Crippen LogP contribution in [0.25, 0.3) is 0 Å². The smallest absolute Gasteiger partial charge is 0.261 e. The van der Waals surface area contributed by atoms with Gasteiger partial charge in [-0.1, -0.05) is 13.3 Å². The highest BCUT2D eigenvalue weighted by atomic mass is 19.3. The van der Waals surface area contributed by atoms with E-state index >= 15 is 0 Å². The Balaban J connectivity index is 2.87. The number of hydrogen-bond donors (Lipinski definition) is 1. The number of alkyl halides is 2. The number of unbranched alkanes of at least 4 members (excludes halogenated alkanes) is 1. The van der Waals surface area contributed by atoms with E-state index in [-0.39, 0.29) is 0 Å². The van der Waals surface area contributed by atoms with Crippen LogP contribution in [0.15, 0.2) is 0 Å². The summed E-state index contributed by atoms with van der Waals surface area (Å²) in [6.45, 7) is 4.73. The van der Waals surface area contributed by atoms with E-state index in [1.54, 1.807) is 0 Å². The van der Waals surface area contributed by atoms with Gasteiger partial charge in [-0.25, -0.2) is 8.78 Å². The summed E-state index contributed by atoms with van der Waals surface area (Å²) in [5.74, 6) is 0. The minimum atomic E-state index is -2.37. The zero-order chi connectivity index (χ0) is 11.4. The van der Waals surface area contributed by atoms with Crippen LogP contribution in [-0.4, -0.2) is 45.9 Å². The van der Waals surface area contributed by atoms with Crippen molar-refractivity contribution >= 4 is 0 Å². The van der Waals surface area contributed by atoms with Gasteiger partial charge in [0.1, 0.15) is 6.61 Å². The van der Waals surface area contributed by atoms with E-state index in [0.717, 1.165) is 26.0 Å². The fourth-order valence-electron chi connectivity index (χ4n) is 0.935. The standard InChI is InChI=1S/C10H21F2NO2/c1-2-3-6-14-7-4-13-5-8-15-9-10(11)12/h10,13H,2-9H2,1H3. The Hall–Kier alpha value is -0.260. The maximum atomic E-state index is 11.6. The van der Waals surface area contributed by atoms with E-state index in [0.29, 0.717) is 19.8 Å². The molecule has 0 aromatic carbocycles. The molecule has 0 atom stereocenters. The van der Waals surface area contributed by atoms with E-state index in [4.69, 9.17) is 4.74 Å². The SMILES string of the molecule is CCCCOCCNCCOCC(F)F. The van der Waals surface area contributed by atoms with Crippen molar-refractivity contribution in [2.24, 2.45) is 0 Å². The molecule has 5 heteroatoms. The van der Waals surface area contributed by atoms with E-state index in [2.05, 4.69) is 17.0 Å². The lowest BCUT2D eigenvalue weighted by molar-refractivity contribution is 0.0183. The van der Waals surface area contributed by atoms with Gasteiger partial charge in [-0.2, -0.15) is 0 Å². The Morgan fingerprint density at radius 1 is 1.07 bits per heavy atom. The van der Waals surface area contributed by atoms with Crippen LogP contribution >= 0.6 is 0 Å². The van der Waals surface area contributed by atoms with Crippen molar-refractivity contribution in [1.29, 1.82) is 0 Å². The second kappa shape index (κ2) is 11.8. The highest BCUT2D eigenvalue weighted by Gasteiger charge is 2.00. The molecule has 0 saturated carbocycles. The molecule has 0 radical (unpaired) electrons. The monoisotopic (exact) mass is 225 g/mol. The van der Waals surface area contributed by atoms with Crippen LogP contribution in [-0.2, 0) is 9.47 Å². The predicted octanol–water partition coefficient (Wildman–Crippen LogP) is 1.67. The summed E-state index contributed by atoms with van der Waals surface area (Å²) in [4.78, 5) is 0. The quantitative estimate of drug-likeness (QED) is 0.543. The minimum Gasteiger partial charge on any atom is -0.380 e. The molecule has 15 heavy (non-hydrogen) atoms. The average molecular weight is 225 g/mol. The van der Waals surface area contributed by atoms with Gasteiger partial charge in [0.2, 0.25) is 0 Å². The van der Waals surface area contributed by atoms with Crippen LogP contribution in [0.1, 0.15) is 19.8 Å². The first-order valence-corrected chi connectivity index (χ1v) is 5.41. The Morgan fingerprint density at radius 3 is 2.33 bits per heavy atom. The van der Waals surface area contributed by atoms with E-state index in [1.165, 1.54) is 0 Å². The lowest BCUT2D eigenvalue weighted by Crippen LogP contribution is -2.24. The van der Waals surface area contributed by atoms with Gasteiger partial charge in [-0.05, 0) is 6.42 Å². The molecule has 1 N–H and O–H groups in total. The molecule has 0 unspecified atom stereocenters. The van der Waals surface area contributed by atoms with Gasteiger partial charge in [0.15, 0.2) is 0 Å². The molecule has 0 amide bonds. The highest BCUT2D eigenvalue weighted by Crippen LogP contribution is 1.91. The number of rotatable bonds is 11.